The first-order chi connectivity index (χ1) is 22.1. The van der Waals surface area contributed by atoms with Crippen LogP contribution in [0.3, 0.4) is 0 Å². The number of alkyl halides is 1. The zero-order chi connectivity index (χ0) is 31.8. The van der Waals surface area contributed by atoms with E-state index in [9.17, 15) is 19.1 Å². The number of rotatable bonds is 5. The second-order valence-electron chi connectivity index (χ2n) is 13.6. The van der Waals surface area contributed by atoms with Gasteiger partial charge in [0, 0.05) is 36.2 Å². The Kier molecular flexibility index (Phi) is 6.66. The molecule has 1 spiro atoms. The number of β-amino-alcohol motifs (C(OH)–C–C–N with tert-alkyl or cyclic N) is 1. The van der Waals surface area contributed by atoms with Gasteiger partial charge in [-0.15, -0.1) is 0 Å². The lowest BCUT2D eigenvalue weighted by Gasteiger charge is -2.49. The lowest BCUT2D eigenvalue weighted by Crippen LogP contribution is -2.60. The van der Waals surface area contributed by atoms with Crippen molar-refractivity contribution in [2.75, 3.05) is 43.4 Å². The van der Waals surface area contributed by atoms with Crippen molar-refractivity contribution in [1.29, 1.82) is 5.26 Å². The highest BCUT2D eigenvalue weighted by Gasteiger charge is 2.50. The molecule has 9 nitrogen and oxygen atoms in total. The van der Waals surface area contributed by atoms with Gasteiger partial charge in [-0.2, -0.15) is 15.2 Å². The monoisotopic (exact) mass is 626 g/mol. The van der Waals surface area contributed by atoms with Crippen LogP contribution in [0.5, 0.6) is 6.01 Å². The molecule has 3 aromatic rings. The van der Waals surface area contributed by atoms with Crippen molar-refractivity contribution in [2.45, 2.75) is 68.0 Å². The van der Waals surface area contributed by atoms with Crippen molar-refractivity contribution in [1.82, 2.24) is 14.9 Å². The van der Waals surface area contributed by atoms with Crippen LogP contribution >= 0.6 is 0 Å². The Morgan fingerprint density at radius 2 is 2.00 bits per heavy atom. The van der Waals surface area contributed by atoms with Crippen LogP contribution in [-0.4, -0.2) is 64.5 Å². The molecule has 0 bridgehead atoms. The molecule has 238 valence electrons. The predicted octanol–water partition coefficient (Wildman–Crippen LogP) is 4.37. The molecule has 11 heteroatoms. The SMILES string of the molecule is CC1C=CC2(Cc3nc(OCC45CCCN4CC(F)C5)nc(N4CC(O)(c5ccc(F)cc5)C4)c3CO2)c2c1ccc(N)c2C#N. The summed E-state index contributed by atoms with van der Waals surface area (Å²) in [6.07, 6.45) is 5.82. The van der Waals surface area contributed by atoms with Gasteiger partial charge in [0.1, 0.15) is 41.7 Å². The molecule has 5 heterocycles. The van der Waals surface area contributed by atoms with Crippen molar-refractivity contribution < 1.29 is 23.4 Å². The average molecular weight is 627 g/mol. The van der Waals surface area contributed by atoms with E-state index in [-0.39, 0.29) is 49.6 Å². The summed E-state index contributed by atoms with van der Waals surface area (Å²) >= 11 is 0. The number of nitrogens with zero attached hydrogens (tertiary/aromatic N) is 5. The van der Waals surface area contributed by atoms with E-state index in [1.807, 2.05) is 17.0 Å². The zero-order valence-corrected chi connectivity index (χ0v) is 25.7. The number of anilines is 2. The van der Waals surface area contributed by atoms with Gasteiger partial charge in [0.25, 0.3) is 0 Å². The molecule has 4 atom stereocenters. The van der Waals surface area contributed by atoms with E-state index < -0.39 is 17.4 Å². The topological polar surface area (TPSA) is 121 Å². The van der Waals surface area contributed by atoms with Crippen molar-refractivity contribution in [3.8, 4) is 12.1 Å². The number of aromatic nitrogens is 2. The Morgan fingerprint density at radius 1 is 1.20 bits per heavy atom. The Balaban J connectivity index is 1.17. The summed E-state index contributed by atoms with van der Waals surface area (Å²) in [5, 5.41) is 21.6. The number of ether oxygens (including phenoxy) is 2. The van der Waals surface area contributed by atoms with Gasteiger partial charge in [0.15, 0.2) is 0 Å². The Hall–Kier alpha value is -4.11. The van der Waals surface area contributed by atoms with Crippen LogP contribution in [0.4, 0.5) is 20.3 Å². The van der Waals surface area contributed by atoms with Gasteiger partial charge in [-0.3, -0.25) is 4.90 Å². The fraction of sp³-hybridized carbons (Fsp3) is 0.457. The second-order valence-corrected chi connectivity index (χ2v) is 13.6. The maximum absolute atomic E-state index is 14.5. The number of benzene rings is 2. The number of aliphatic hydroxyl groups is 1. The van der Waals surface area contributed by atoms with Gasteiger partial charge >= 0.3 is 6.01 Å². The third-order valence-corrected chi connectivity index (χ3v) is 10.7. The standard InChI is InChI=1S/C35H36F2N6O3/c1-21-9-11-35(30-25(21)7-8-28(39)26(30)15-38)14-29-27(17-46-35)31(42-18-34(44,19-42)22-3-5-23(36)6-4-22)41-32(40-29)45-20-33-10-2-12-43(33)16-24(37)13-33/h3-9,11,21,24,44H,2,10,12-14,16-20,39H2,1H3. The maximum Gasteiger partial charge on any atom is 0.318 e. The number of fused-ring (bicyclic) bond motifs is 4. The highest BCUT2D eigenvalue weighted by atomic mass is 19.1. The van der Waals surface area contributed by atoms with Crippen molar-refractivity contribution in [3.63, 3.8) is 0 Å². The third-order valence-electron chi connectivity index (χ3n) is 10.7. The quantitative estimate of drug-likeness (QED) is 0.314. The lowest BCUT2D eigenvalue weighted by atomic mass is 9.73. The minimum atomic E-state index is -1.17. The van der Waals surface area contributed by atoms with Crippen molar-refractivity contribution in [3.05, 3.63) is 87.9 Å². The van der Waals surface area contributed by atoms with Gasteiger partial charge in [-0.1, -0.05) is 37.3 Å². The summed E-state index contributed by atoms with van der Waals surface area (Å²) in [6.45, 7) is 4.27. The molecule has 0 radical (unpaired) electrons. The van der Waals surface area contributed by atoms with Gasteiger partial charge in [0.05, 0.1) is 36.5 Å². The molecule has 4 aliphatic heterocycles. The second kappa shape index (κ2) is 10.5. The molecule has 8 rings (SSSR count). The zero-order valence-electron chi connectivity index (χ0n) is 25.7. The normalized spacial score (nSPS) is 29.2. The number of halogens is 2. The molecular weight excluding hydrogens is 590 g/mol. The first-order valence-electron chi connectivity index (χ1n) is 15.9. The van der Waals surface area contributed by atoms with E-state index >= 15 is 0 Å². The van der Waals surface area contributed by atoms with E-state index in [0.29, 0.717) is 42.0 Å². The van der Waals surface area contributed by atoms with Crippen molar-refractivity contribution >= 4 is 11.5 Å². The Labute approximate surface area is 266 Å². The number of allylic oxidation sites excluding steroid dienone is 1. The molecule has 0 saturated carbocycles. The minimum Gasteiger partial charge on any atom is -0.461 e. The summed E-state index contributed by atoms with van der Waals surface area (Å²) in [5.41, 5.74) is 8.46. The van der Waals surface area contributed by atoms with Gasteiger partial charge in [-0.05, 0) is 54.6 Å². The number of nitrogens with two attached hydrogens (primary N) is 1. The average Bonchev–Trinajstić information content (AvgIpc) is 3.56. The maximum atomic E-state index is 14.5. The van der Waals surface area contributed by atoms with Gasteiger partial charge in [0.2, 0.25) is 0 Å². The van der Waals surface area contributed by atoms with E-state index in [2.05, 4.69) is 24.0 Å². The summed E-state index contributed by atoms with van der Waals surface area (Å²) in [5.74, 6) is 0.304. The fourth-order valence-corrected chi connectivity index (χ4v) is 8.29. The Morgan fingerprint density at radius 3 is 2.78 bits per heavy atom. The molecule has 1 aromatic heterocycles. The largest absolute Gasteiger partial charge is 0.461 e. The van der Waals surface area contributed by atoms with Crippen molar-refractivity contribution in [2.24, 2.45) is 0 Å². The smallest absolute Gasteiger partial charge is 0.318 e. The predicted molar refractivity (Wildman–Crippen MR) is 166 cm³/mol. The molecule has 46 heavy (non-hydrogen) atoms. The third kappa shape index (κ3) is 4.49. The molecule has 0 amide bonds. The van der Waals surface area contributed by atoms with Crippen LogP contribution in [0.15, 0.2) is 48.6 Å². The van der Waals surface area contributed by atoms with Crippen LogP contribution in [0.2, 0.25) is 0 Å². The number of hydrogen-bond acceptors (Lipinski definition) is 9. The van der Waals surface area contributed by atoms with Crippen LogP contribution in [-0.2, 0) is 29.0 Å². The van der Waals surface area contributed by atoms with Crippen LogP contribution < -0.4 is 15.4 Å². The highest BCUT2D eigenvalue weighted by Crippen LogP contribution is 2.49. The molecule has 1 aliphatic carbocycles. The summed E-state index contributed by atoms with van der Waals surface area (Å²) in [7, 11) is 0. The summed E-state index contributed by atoms with van der Waals surface area (Å²) in [4.78, 5) is 13.9. The Bertz CT molecular complexity index is 1790. The molecule has 2 aromatic carbocycles. The lowest BCUT2D eigenvalue weighted by molar-refractivity contribution is -0.0407. The van der Waals surface area contributed by atoms with E-state index in [0.717, 1.165) is 41.8 Å². The van der Waals surface area contributed by atoms with Crippen LogP contribution in [0.25, 0.3) is 0 Å². The van der Waals surface area contributed by atoms with E-state index in [1.54, 1.807) is 18.2 Å². The molecule has 3 saturated heterocycles. The highest BCUT2D eigenvalue weighted by molar-refractivity contribution is 5.66. The summed E-state index contributed by atoms with van der Waals surface area (Å²) in [6, 6.07) is 12.1. The number of nitriles is 1. The first-order valence-corrected chi connectivity index (χ1v) is 15.9. The van der Waals surface area contributed by atoms with E-state index in [4.69, 9.17) is 25.2 Å². The molecule has 3 N–H and O–H groups in total. The first kappa shape index (κ1) is 29.3. The van der Waals surface area contributed by atoms with Crippen LogP contribution in [0, 0.1) is 17.1 Å². The fourth-order valence-electron chi connectivity index (χ4n) is 8.29. The number of hydrogen-bond donors (Lipinski definition) is 2. The van der Waals surface area contributed by atoms with E-state index in [1.165, 1.54) is 12.1 Å². The molecule has 4 unspecified atom stereocenters. The molecule has 5 aliphatic rings. The summed E-state index contributed by atoms with van der Waals surface area (Å²) < 4.78 is 41.1. The number of nitrogen functional groups attached to an aromatic ring is 1. The van der Waals surface area contributed by atoms with Gasteiger partial charge < -0.3 is 25.2 Å². The van der Waals surface area contributed by atoms with Crippen LogP contribution in [0.1, 0.15) is 65.6 Å². The molecular formula is C35H36F2N6O3. The minimum absolute atomic E-state index is 0.0720. The molecule has 3 fully saturated rings. The van der Waals surface area contributed by atoms with Gasteiger partial charge in [-0.25, -0.2) is 8.78 Å².